The van der Waals surface area contributed by atoms with Crippen LogP contribution in [0.4, 0.5) is 0 Å². The van der Waals surface area contributed by atoms with E-state index >= 15 is 0 Å². The molecule has 1 saturated carbocycles. The van der Waals surface area contributed by atoms with Crippen molar-refractivity contribution in [1.29, 1.82) is 0 Å². The Morgan fingerprint density at radius 2 is 1.52 bits per heavy atom. The number of carboxylic acids is 1. The van der Waals surface area contributed by atoms with Gasteiger partial charge in [-0.3, -0.25) is 9.59 Å². The van der Waals surface area contributed by atoms with Gasteiger partial charge in [-0.25, -0.2) is 0 Å². The van der Waals surface area contributed by atoms with Gasteiger partial charge in [0, 0.05) is 19.5 Å². The van der Waals surface area contributed by atoms with Crippen molar-refractivity contribution in [3.63, 3.8) is 0 Å². The highest BCUT2D eigenvalue weighted by atomic mass is 16.4. The lowest BCUT2D eigenvalue weighted by molar-refractivity contribution is -0.143. The Labute approximate surface area is 127 Å². The van der Waals surface area contributed by atoms with Crippen molar-refractivity contribution >= 4 is 11.9 Å². The molecule has 0 spiro atoms. The number of carboxylic acid groups (broad SMARTS) is 1. The minimum absolute atomic E-state index is 0.151. The van der Waals surface area contributed by atoms with Crippen molar-refractivity contribution in [2.45, 2.75) is 71.6 Å². The SMILES string of the molecule is CC1(C)CCN(C(=O)CC2(CC(=O)O)CCCCC2)CC1. The van der Waals surface area contributed by atoms with Crippen LogP contribution < -0.4 is 0 Å². The van der Waals surface area contributed by atoms with Crippen molar-refractivity contribution in [2.75, 3.05) is 13.1 Å². The predicted molar refractivity (Wildman–Crippen MR) is 82.0 cm³/mol. The predicted octanol–water partition coefficient (Wildman–Crippen LogP) is 3.45. The molecule has 4 nitrogen and oxygen atoms in total. The molecule has 21 heavy (non-hydrogen) atoms. The zero-order valence-corrected chi connectivity index (χ0v) is 13.5. The zero-order valence-electron chi connectivity index (χ0n) is 13.5. The second-order valence-electron chi connectivity index (χ2n) is 7.85. The van der Waals surface area contributed by atoms with Crippen LogP contribution in [-0.4, -0.2) is 35.0 Å². The first-order valence-corrected chi connectivity index (χ1v) is 8.32. The summed E-state index contributed by atoms with van der Waals surface area (Å²) in [5, 5.41) is 9.20. The van der Waals surface area contributed by atoms with Gasteiger partial charge in [-0.05, 0) is 36.5 Å². The molecule has 0 atom stereocenters. The fraction of sp³-hybridized carbons (Fsp3) is 0.882. The first-order valence-electron chi connectivity index (χ1n) is 8.32. The zero-order chi connectivity index (χ0) is 15.5. The highest BCUT2D eigenvalue weighted by Crippen LogP contribution is 2.43. The van der Waals surface area contributed by atoms with E-state index in [4.69, 9.17) is 0 Å². The molecule has 2 aliphatic rings. The fourth-order valence-corrected chi connectivity index (χ4v) is 3.83. The number of likely N-dealkylation sites (tertiary alicyclic amines) is 1. The van der Waals surface area contributed by atoms with Gasteiger partial charge in [0.25, 0.3) is 0 Å². The van der Waals surface area contributed by atoms with Crippen LogP contribution in [0.2, 0.25) is 0 Å². The first-order chi connectivity index (χ1) is 9.82. The van der Waals surface area contributed by atoms with Crippen LogP contribution in [0.3, 0.4) is 0 Å². The standard InChI is InChI=1S/C17H29NO3/c1-16(2)8-10-18(11-9-16)14(19)12-17(13-15(20)21)6-4-3-5-7-17/h3-13H2,1-2H3,(H,20,21). The lowest BCUT2D eigenvalue weighted by Gasteiger charge is -2.40. The maximum atomic E-state index is 12.6. The number of nitrogens with zero attached hydrogens (tertiary/aromatic N) is 1. The molecule has 0 unspecified atom stereocenters. The summed E-state index contributed by atoms with van der Waals surface area (Å²) in [6.45, 7) is 6.16. The van der Waals surface area contributed by atoms with Crippen LogP contribution in [0.1, 0.15) is 71.6 Å². The quantitative estimate of drug-likeness (QED) is 0.864. The van der Waals surface area contributed by atoms with Gasteiger partial charge in [0.1, 0.15) is 0 Å². The summed E-state index contributed by atoms with van der Waals surface area (Å²) in [4.78, 5) is 25.7. The van der Waals surface area contributed by atoms with E-state index in [1.165, 1.54) is 6.42 Å². The van der Waals surface area contributed by atoms with Crippen molar-refractivity contribution in [3.05, 3.63) is 0 Å². The van der Waals surface area contributed by atoms with Gasteiger partial charge in [-0.15, -0.1) is 0 Å². The summed E-state index contributed by atoms with van der Waals surface area (Å²) in [6, 6.07) is 0. The van der Waals surface area contributed by atoms with E-state index in [0.29, 0.717) is 11.8 Å². The fourth-order valence-electron chi connectivity index (χ4n) is 3.83. The van der Waals surface area contributed by atoms with Gasteiger partial charge in [0.2, 0.25) is 5.91 Å². The third-order valence-electron chi connectivity index (χ3n) is 5.44. The smallest absolute Gasteiger partial charge is 0.303 e. The third kappa shape index (κ3) is 4.45. The van der Waals surface area contributed by atoms with Gasteiger partial charge in [-0.2, -0.15) is 0 Å². The largest absolute Gasteiger partial charge is 0.481 e. The molecule has 1 amide bonds. The Bertz CT molecular complexity index is 387. The molecule has 1 aliphatic carbocycles. The van der Waals surface area contributed by atoms with E-state index < -0.39 is 5.97 Å². The van der Waals surface area contributed by atoms with Crippen molar-refractivity contribution in [2.24, 2.45) is 10.8 Å². The Balaban J connectivity index is 1.96. The Morgan fingerprint density at radius 1 is 0.952 bits per heavy atom. The summed E-state index contributed by atoms with van der Waals surface area (Å²) >= 11 is 0. The van der Waals surface area contributed by atoms with Crippen LogP contribution in [0.5, 0.6) is 0 Å². The normalized spacial score (nSPS) is 24.6. The molecule has 0 bridgehead atoms. The lowest BCUT2D eigenvalue weighted by Crippen LogP contribution is -2.43. The topological polar surface area (TPSA) is 57.6 Å². The number of amides is 1. The summed E-state index contributed by atoms with van der Waals surface area (Å²) in [5.74, 6) is -0.585. The molecular weight excluding hydrogens is 266 g/mol. The van der Waals surface area contributed by atoms with Crippen LogP contribution in [0, 0.1) is 10.8 Å². The monoisotopic (exact) mass is 295 g/mol. The van der Waals surface area contributed by atoms with Crippen molar-refractivity contribution in [3.8, 4) is 0 Å². The highest BCUT2D eigenvalue weighted by molar-refractivity contribution is 5.78. The third-order valence-corrected chi connectivity index (χ3v) is 5.44. The number of rotatable bonds is 4. The summed E-state index contributed by atoms with van der Waals surface area (Å²) in [5.41, 5.74) is 0.0501. The van der Waals surface area contributed by atoms with E-state index in [0.717, 1.165) is 51.6 Å². The highest BCUT2D eigenvalue weighted by Gasteiger charge is 2.38. The average molecular weight is 295 g/mol. The minimum Gasteiger partial charge on any atom is -0.481 e. The number of aliphatic carboxylic acids is 1. The van der Waals surface area contributed by atoms with Gasteiger partial charge in [0.15, 0.2) is 0 Å². The van der Waals surface area contributed by atoms with Crippen LogP contribution >= 0.6 is 0 Å². The van der Waals surface area contributed by atoms with Gasteiger partial charge >= 0.3 is 5.97 Å². The van der Waals surface area contributed by atoms with Crippen molar-refractivity contribution in [1.82, 2.24) is 4.90 Å². The van der Waals surface area contributed by atoms with Crippen LogP contribution in [0.15, 0.2) is 0 Å². The molecule has 120 valence electrons. The summed E-state index contributed by atoms with van der Waals surface area (Å²) in [6.07, 6.45) is 7.76. The second-order valence-corrected chi connectivity index (χ2v) is 7.85. The van der Waals surface area contributed by atoms with Crippen molar-refractivity contribution < 1.29 is 14.7 Å². The van der Waals surface area contributed by atoms with Gasteiger partial charge in [0.05, 0.1) is 6.42 Å². The number of hydrogen-bond donors (Lipinski definition) is 1. The van der Waals surface area contributed by atoms with E-state index in [1.54, 1.807) is 0 Å². The maximum Gasteiger partial charge on any atom is 0.303 e. The maximum absolute atomic E-state index is 12.6. The Hall–Kier alpha value is -1.06. The molecule has 0 radical (unpaired) electrons. The second kappa shape index (κ2) is 6.37. The summed E-state index contributed by atoms with van der Waals surface area (Å²) < 4.78 is 0. The lowest BCUT2D eigenvalue weighted by atomic mass is 9.69. The van der Waals surface area contributed by atoms with E-state index in [1.807, 2.05) is 4.90 Å². The number of carbonyl (C=O) groups excluding carboxylic acids is 1. The van der Waals surface area contributed by atoms with E-state index in [2.05, 4.69) is 13.8 Å². The molecule has 1 aliphatic heterocycles. The molecular formula is C17H29NO3. The number of hydrogen-bond acceptors (Lipinski definition) is 2. The molecule has 2 rings (SSSR count). The first kappa shape index (κ1) is 16.3. The van der Waals surface area contributed by atoms with Crippen LogP contribution in [0.25, 0.3) is 0 Å². The summed E-state index contributed by atoms with van der Waals surface area (Å²) in [7, 11) is 0. The molecule has 0 aromatic carbocycles. The van der Waals surface area contributed by atoms with Gasteiger partial charge in [-0.1, -0.05) is 33.1 Å². The average Bonchev–Trinajstić information content (AvgIpc) is 2.38. The molecule has 0 aromatic rings. The van der Waals surface area contributed by atoms with E-state index in [-0.39, 0.29) is 17.7 Å². The molecule has 0 aromatic heterocycles. The Kier molecular flexibility index (Phi) is 4.95. The molecule has 2 fully saturated rings. The van der Waals surface area contributed by atoms with Gasteiger partial charge < -0.3 is 10.0 Å². The van der Waals surface area contributed by atoms with Crippen LogP contribution in [-0.2, 0) is 9.59 Å². The molecule has 1 heterocycles. The molecule has 4 heteroatoms. The molecule has 1 saturated heterocycles. The number of carbonyl (C=O) groups is 2. The van der Waals surface area contributed by atoms with E-state index in [9.17, 15) is 14.7 Å². The number of piperidine rings is 1. The molecule has 1 N–H and O–H groups in total. The minimum atomic E-state index is -0.760. The Morgan fingerprint density at radius 3 is 2.05 bits per heavy atom.